The second kappa shape index (κ2) is 9.64. The van der Waals surface area contributed by atoms with Crippen LogP contribution in [0.3, 0.4) is 0 Å². The topological polar surface area (TPSA) is 109 Å². The van der Waals surface area contributed by atoms with E-state index in [1.54, 1.807) is 6.07 Å². The number of hydrogen-bond donors (Lipinski definition) is 2. The Morgan fingerprint density at radius 3 is 2.43 bits per heavy atom. The van der Waals surface area contributed by atoms with Gasteiger partial charge in [-0.2, -0.15) is 0 Å². The monoisotopic (exact) mass is 433 g/mol. The molecule has 158 valence electrons. The maximum absolute atomic E-state index is 13.3. The van der Waals surface area contributed by atoms with Crippen LogP contribution in [0.15, 0.2) is 42.6 Å². The molecule has 1 aromatic carbocycles. The number of carbonyl (C=O) groups excluding carboxylic acids is 3. The van der Waals surface area contributed by atoms with Crippen LogP contribution in [0.4, 0.5) is 4.39 Å². The van der Waals surface area contributed by atoms with Crippen molar-refractivity contribution in [3.8, 4) is 0 Å². The first-order valence-electron chi connectivity index (χ1n) is 9.40. The van der Waals surface area contributed by atoms with E-state index in [0.717, 1.165) is 0 Å². The van der Waals surface area contributed by atoms with Crippen LogP contribution in [0, 0.1) is 5.82 Å². The first kappa shape index (κ1) is 21.7. The maximum atomic E-state index is 13.3. The van der Waals surface area contributed by atoms with Gasteiger partial charge in [-0.15, -0.1) is 0 Å². The lowest BCUT2D eigenvalue weighted by Crippen LogP contribution is -2.63. The van der Waals surface area contributed by atoms with Crippen LogP contribution in [0.5, 0.6) is 0 Å². The first-order valence-corrected chi connectivity index (χ1v) is 9.77. The third-order valence-electron chi connectivity index (χ3n) is 4.67. The van der Waals surface area contributed by atoms with Crippen LogP contribution in [-0.4, -0.2) is 64.9 Å². The third-order valence-corrected chi connectivity index (χ3v) is 4.97. The average molecular weight is 434 g/mol. The SMILES string of the molecule is NCCNC(=O)C1N(C(=O)c2ccc(F)cc2)CCCN1C(=O)c1cccnc1Cl. The van der Waals surface area contributed by atoms with Gasteiger partial charge < -0.3 is 20.9 Å². The molecule has 0 spiro atoms. The van der Waals surface area contributed by atoms with Gasteiger partial charge in [-0.3, -0.25) is 14.4 Å². The Hall–Kier alpha value is -3.04. The second-order valence-corrected chi connectivity index (χ2v) is 7.01. The molecule has 2 heterocycles. The smallest absolute Gasteiger partial charge is 0.263 e. The molecule has 30 heavy (non-hydrogen) atoms. The molecule has 0 bridgehead atoms. The number of halogens is 2. The number of hydrogen-bond acceptors (Lipinski definition) is 5. The lowest BCUT2D eigenvalue weighted by molar-refractivity contribution is -0.132. The molecule has 10 heteroatoms. The molecule has 0 aliphatic carbocycles. The first-order chi connectivity index (χ1) is 14.4. The summed E-state index contributed by atoms with van der Waals surface area (Å²) in [5, 5.41) is 2.64. The van der Waals surface area contributed by atoms with E-state index in [1.807, 2.05) is 0 Å². The number of benzene rings is 1. The quantitative estimate of drug-likeness (QED) is 0.690. The molecule has 0 radical (unpaired) electrons. The van der Waals surface area contributed by atoms with Crippen molar-refractivity contribution >= 4 is 29.3 Å². The molecule has 1 aliphatic heterocycles. The largest absolute Gasteiger partial charge is 0.351 e. The minimum Gasteiger partial charge on any atom is -0.351 e. The van der Waals surface area contributed by atoms with Crippen LogP contribution in [0.1, 0.15) is 27.1 Å². The van der Waals surface area contributed by atoms with Gasteiger partial charge in [-0.05, 0) is 42.8 Å². The third kappa shape index (κ3) is 4.58. The number of pyridine rings is 1. The molecular formula is C20H21ClFN5O3. The molecular weight excluding hydrogens is 413 g/mol. The van der Waals surface area contributed by atoms with E-state index < -0.39 is 29.7 Å². The van der Waals surface area contributed by atoms with Gasteiger partial charge in [0.2, 0.25) is 0 Å². The summed E-state index contributed by atoms with van der Waals surface area (Å²) in [7, 11) is 0. The Balaban J connectivity index is 1.96. The van der Waals surface area contributed by atoms with Crippen molar-refractivity contribution < 1.29 is 18.8 Å². The highest BCUT2D eigenvalue weighted by Crippen LogP contribution is 2.23. The molecule has 3 amide bonds. The summed E-state index contributed by atoms with van der Waals surface area (Å²) >= 11 is 6.07. The van der Waals surface area contributed by atoms with Gasteiger partial charge >= 0.3 is 0 Å². The van der Waals surface area contributed by atoms with Gasteiger partial charge in [0.1, 0.15) is 11.0 Å². The zero-order chi connectivity index (χ0) is 21.7. The van der Waals surface area contributed by atoms with E-state index in [-0.39, 0.29) is 42.5 Å². The van der Waals surface area contributed by atoms with Gasteiger partial charge in [-0.1, -0.05) is 11.6 Å². The number of amides is 3. The molecule has 1 aromatic heterocycles. The Kier molecular flexibility index (Phi) is 6.96. The molecule has 3 N–H and O–H groups in total. The van der Waals surface area contributed by atoms with E-state index >= 15 is 0 Å². The van der Waals surface area contributed by atoms with Gasteiger partial charge in [0.25, 0.3) is 17.7 Å². The van der Waals surface area contributed by atoms with Gasteiger partial charge in [-0.25, -0.2) is 9.37 Å². The summed E-state index contributed by atoms with van der Waals surface area (Å²) < 4.78 is 13.3. The zero-order valence-corrected chi connectivity index (χ0v) is 16.8. The van der Waals surface area contributed by atoms with Gasteiger partial charge in [0, 0.05) is 37.9 Å². The van der Waals surface area contributed by atoms with E-state index in [1.165, 1.54) is 46.3 Å². The summed E-state index contributed by atoms with van der Waals surface area (Å²) in [4.78, 5) is 45.7. The highest BCUT2D eigenvalue weighted by molar-refractivity contribution is 6.32. The summed E-state index contributed by atoms with van der Waals surface area (Å²) in [5.41, 5.74) is 5.82. The number of nitrogens with one attached hydrogen (secondary N) is 1. The number of aromatic nitrogens is 1. The predicted molar refractivity (Wildman–Crippen MR) is 108 cm³/mol. The summed E-state index contributed by atoms with van der Waals surface area (Å²) in [6.45, 7) is 0.885. The molecule has 1 unspecified atom stereocenters. The fourth-order valence-corrected chi connectivity index (χ4v) is 3.48. The van der Waals surface area contributed by atoms with Crippen molar-refractivity contribution in [2.24, 2.45) is 5.73 Å². The van der Waals surface area contributed by atoms with E-state index in [4.69, 9.17) is 17.3 Å². The van der Waals surface area contributed by atoms with Gasteiger partial charge in [0.05, 0.1) is 5.56 Å². The van der Waals surface area contributed by atoms with E-state index in [9.17, 15) is 18.8 Å². The van der Waals surface area contributed by atoms with Gasteiger partial charge in [0.15, 0.2) is 6.17 Å². The predicted octanol–water partition coefficient (Wildman–Crippen LogP) is 1.26. The lowest BCUT2D eigenvalue weighted by Gasteiger charge is -2.42. The summed E-state index contributed by atoms with van der Waals surface area (Å²) in [5.74, 6) is -2.02. The number of carbonyl (C=O) groups is 3. The Morgan fingerprint density at radius 1 is 1.13 bits per heavy atom. The highest BCUT2D eigenvalue weighted by Gasteiger charge is 2.41. The molecule has 1 aliphatic rings. The van der Waals surface area contributed by atoms with Crippen LogP contribution >= 0.6 is 11.6 Å². The molecule has 8 nitrogen and oxygen atoms in total. The fraction of sp³-hybridized carbons (Fsp3) is 0.300. The summed E-state index contributed by atoms with van der Waals surface area (Å²) in [6, 6.07) is 8.08. The van der Waals surface area contributed by atoms with Crippen LogP contribution in [-0.2, 0) is 4.79 Å². The molecule has 3 rings (SSSR count). The maximum Gasteiger partial charge on any atom is 0.263 e. The van der Waals surface area contributed by atoms with Crippen molar-refractivity contribution in [1.82, 2.24) is 20.1 Å². The Labute approximate surface area is 177 Å². The van der Waals surface area contributed by atoms with Crippen molar-refractivity contribution in [3.63, 3.8) is 0 Å². The lowest BCUT2D eigenvalue weighted by atomic mass is 10.1. The van der Waals surface area contributed by atoms with E-state index in [0.29, 0.717) is 6.42 Å². The normalized spacial score (nSPS) is 16.3. The van der Waals surface area contributed by atoms with Crippen molar-refractivity contribution in [1.29, 1.82) is 0 Å². The Bertz CT molecular complexity index is 940. The molecule has 1 atom stereocenters. The fourth-order valence-electron chi connectivity index (χ4n) is 3.28. The molecule has 1 saturated heterocycles. The Morgan fingerprint density at radius 2 is 1.80 bits per heavy atom. The van der Waals surface area contributed by atoms with Crippen LogP contribution in [0.25, 0.3) is 0 Å². The second-order valence-electron chi connectivity index (χ2n) is 6.65. The summed E-state index contributed by atoms with van der Waals surface area (Å²) in [6.07, 6.45) is 0.703. The number of rotatable bonds is 5. The standard InChI is InChI=1S/C20H21ClFN5O3/c21-16-15(3-1-9-24-16)20(30)27-12-2-11-26(18(27)17(28)25-10-8-23)19(29)13-4-6-14(22)7-5-13/h1,3-7,9,18H,2,8,10-12,23H2,(H,25,28). The van der Waals surface area contributed by atoms with Crippen molar-refractivity contribution in [2.45, 2.75) is 12.6 Å². The zero-order valence-electron chi connectivity index (χ0n) is 16.1. The number of nitrogens with zero attached hydrogens (tertiary/aromatic N) is 3. The number of nitrogens with two attached hydrogens (primary N) is 1. The van der Waals surface area contributed by atoms with Crippen LogP contribution in [0.2, 0.25) is 5.15 Å². The minimum atomic E-state index is -1.20. The minimum absolute atomic E-state index is 0.00519. The molecule has 2 aromatic rings. The highest BCUT2D eigenvalue weighted by atomic mass is 35.5. The molecule has 0 saturated carbocycles. The average Bonchev–Trinajstić information content (AvgIpc) is 2.77. The molecule has 1 fully saturated rings. The van der Waals surface area contributed by atoms with Crippen LogP contribution < -0.4 is 11.1 Å². The van der Waals surface area contributed by atoms with Crippen molar-refractivity contribution in [2.75, 3.05) is 26.2 Å². The van der Waals surface area contributed by atoms with E-state index in [2.05, 4.69) is 10.3 Å². The van der Waals surface area contributed by atoms with Crippen molar-refractivity contribution in [3.05, 3.63) is 64.7 Å².